The number of carbonyl (C=O) groups is 1. The topological polar surface area (TPSA) is 46.5 Å². The van der Waals surface area contributed by atoms with Crippen molar-refractivity contribution in [3.8, 4) is 0 Å². The van der Waals surface area contributed by atoms with E-state index >= 15 is 0 Å². The monoisotopic (exact) mass is 484 g/mol. The number of allylic oxidation sites excluding steroid dienone is 2. The van der Waals surface area contributed by atoms with Crippen molar-refractivity contribution in [2.45, 2.75) is 132 Å². The van der Waals surface area contributed by atoms with Crippen LogP contribution in [0, 0.1) is 50.2 Å². The number of aliphatic hydroxyl groups excluding tert-OH is 1. The van der Waals surface area contributed by atoms with E-state index in [1.54, 1.807) is 5.57 Å². The van der Waals surface area contributed by atoms with E-state index in [0.717, 1.165) is 19.3 Å². The summed E-state index contributed by atoms with van der Waals surface area (Å²) < 4.78 is 5.85. The second-order valence-electron chi connectivity index (χ2n) is 15.9. The minimum Gasteiger partial charge on any atom is -0.462 e. The summed E-state index contributed by atoms with van der Waals surface area (Å²) in [5.41, 5.74) is 2.62. The van der Waals surface area contributed by atoms with E-state index in [1.165, 1.54) is 45.4 Å². The van der Waals surface area contributed by atoms with E-state index in [2.05, 4.69) is 61.5 Å². The molecular formula is C32H52O3. The van der Waals surface area contributed by atoms with Gasteiger partial charge in [0.25, 0.3) is 0 Å². The quantitative estimate of drug-likeness (QED) is 0.306. The molecule has 35 heavy (non-hydrogen) atoms. The van der Waals surface area contributed by atoms with Crippen LogP contribution in [-0.2, 0) is 9.53 Å². The van der Waals surface area contributed by atoms with Crippen LogP contribution < -0.4 is 0 Å². The molecule has 0 aromatic rings. The van der Waals surface area contributed by atoms with Crippen LogP contribution in [-0.4, -0.2) is 23.3 Å². The Labute approximate surface area is 214 Å². The molecule has 198 valence electrons. The minimum atomic E-state index is -0.352. The van der Waals surface area contributed by atoms with E-state index in [9.17, 15) is 9.90 Å². The van der Waals surface area contributed by atoms with Crippen LogP contribution in [0.25, 0.3) is 0 Å². The third kappa shape index (κ3) is 3.41. The van der Waals surface area contributed by atoms with Gasteiger partial charge in [0.15, 0.2) is 0 Å². The smallest absolute Gasteiger partial charge is 0.302 e. The Bertz CT molecular complexity index is 931. The van der Waals surface area contributed by atoms with Crippen molar-refractivity contribution < 1.29 is 14.6 Å². The predicted octanol–water partition coefficient (Wildman–Crippen LogP) is 7.71. The van der Waals surface area contributed by atoms with Crippen LogP contribution in [0.2, 0.25) is 0 Å². The molecule has 0 heterocycles. The van der Waals surface area contributed by atoms with Gasteiger partial charge in [-0.1, -0.05) is 67.0 Å². The van der Waals surface area contributed by atoms with Crippen LogP contribution in [0.15, 0.2) is 11.6 Å². The van der Waals surface area contributed by atoms with Gasteiger partial charge >= 0.3 is 5.97 Å². The molecule has 0 aromatic heterocycles. The molecule has 9 atom stereocenters. The maximum Gasteiger partial charge on any atom is 0.302 e. The van der Waals surface area contributed by atoms with Gasteiger partial charge in [0.05, 0.1) is 6.10 Å². The van der Waals surface area contributed by atoms with Crippen molar-refractivity contribution in [3.05, 3.63) is 11.6 Å². The second-order valence-corrected chi connectivity index (χ2v) is 15.9. The summed E-state index contributed by atoms with van der Waals surface area (Å²) in [5, 5.41) is 12.0. The van der Waals surface area contributed by atoms with Gasteiger partial charge in [0.2, 0.25) is 0 Å². The average Bonchev–Trinajstić information content (AvgIpc) is 2.71. The number of fused-ring (bicyclic) bond motifs is 7. The third-order valence-electron chi connectivity index (χ3n) is 13.1. The molecule has 3 nitrogen and oxygen atoms in total. The lowest BCUT2D eigenvalue weighted by Gasteiger charge is -2.73. The van der Waals surface area contributed by atoms with Crippen LogP contribution in [0.5, 0.6) is 0 Å². The van der Waals surface area contributed by atoms with E-state index in [0.29, 0.717) is 22.7 Å². The normalized spacial score (nSPS) is 52.2. The number of hydrogen-bond donors (Lipinski definition) is 1. The van der Waals surface area contributed by atoms with Gasteiger partial charge < -0.3 is 9.84 Å². The standard InChI is InChI=1S/C32H52O3/c1-20(33)35-25-12-13-30(7)24-11-10-21-22-18-27(2,3)14-15-29(22,6)16-17-31(21,8)32(24,9)19-23(34)26(30)28(25,4)5/h18,21,23-26,34H,10-17,19H2,1-9H3. The summed E-state index contributed by atoms with van der Waals surface area (Å²) in [6.45, 7) is 21.1. The highest BCUT2D eigenvalue weighted by molar-refractivity contribution is 5.66. The third-order valence-corrected chi connectivity index (χ3v) is 13.1. The van der Waals surface area contributed by atoms with E-state index < -0.39 is 0 Å². The first-order chi connectivity index (χ1) is 16.0. The zero-order valence-corrected chi connectivity index (χ0v) is 24.1. The molecule has 5 rings (SSSR count). The Morgan fingerprint density at radius 3 is 2.20 bits per heavy atom. The zero-order chi connectivity index (χ0) is 25.8. The summed E-state index contributed by atoms with van der Waals surface area (Å²) in [6.07, 6.45) is 12.8. The lowest BCUT2D eigenvalue weighted by molar-refractivity contribution is -0.264. The first-order valence-electron chi connectivity index (χ1n) is 14.6. The fourth-order valence-corrected chi connectivity index (χ4v) is 11.2. The molecule has 0 aliphatic heterocycles. The Kier molecular flexibility index (Phi) is 5.61. The molecule has 4 fully saturated rings. The van der Waals surface area contributed by atoms with Crippen molar-refractivity contribution in [2.75, 3.05) is 0 Å². The number of rotatable bonds is 1. The Morgan fingerprint density at radius 1 is 0.886 bits per heavy atom. The van der Waals surface area contributed by atoms with Crippen LogP contribution in [0.1, 0.15) is 120 Å². The number of carbonyl (C=O) groups excluding carboxylic acids is 1. The van der Waals surface area contributed by atoms with Crippen LogP contribution in [0.4, 0.5) is 0 Å². The molecule has 5 aliphatic carbocycles. The highest BCUT2D eigenvalue weighted by Crippen LogP contribution is 2.76. The zero-order valence-electron chi connectivity index (χ0n) is 24.1. The van der Waals surface area contributed by atoms with E-state index in [4.69, 9.17) is 4.74 Å². The first-order valence-corrected chi connectivity index (χ1v) is 14.6. The lowest BCUT2D eigenvalue weighted by atomic mass is 9.32. The predicted molar refractivity (Wildman–Crippen MR) is 142 cm³/mol. The molecule has 0 bridgehead atoms. The fourth-order valence-electron chi connectivity index (χ4n) is 11.2. The molecule has 3 heteroatoms. The highest BCUT2D eigenvalue weighted by Gasteiger charge is 2.71. The maximum atomic E-state index is 12.0. The summed E-state index contributed by atoms with van der Waals surface area (Å²) in [5.74, 6) is 1.21. The fraction of sp³-hybridized carbons (Fsp3) is 0.906. The molecule has 0 amide bonds. The Balaban J connectivity index is 1.55. The van der Waals surface area contributed by atoms with Crippen molar-refractivity contribution in [1.82, 2.24) is 0 Å². The Morgan fingerprint density at radius 2 is 1.54 bits per heavy atom. The highest BCUT2D eigenvalue weighted by atomic mass is 16.5. The molecule has 1 N–H and O–H groups in total. The maximum absolute atomic E-state index is 12.0. The summed E-state index contributed by atoms with van der Waals surface area (Å²) in [6, 6.07) is 0. The molecule has 0 aromatic carbocycles. The molecular weight excluding hydrogens is 432 g/mol. The lowest BCUT2D eigenvalue weighted by Crippen LogP contribution is -2.69. The second kappa shape index (κ2) is 7.61. The van der Waals surface area contributed by atoms with Crippen LogP contribution >= 0.6 is 0 Å². The SMILES string of the molecule is CC(=O)OC1CCC2(C)C(C(O)CC3(C)C2CCC2C4=CC(C)(C)CCC4(C)CCC23C)C1(C)C. The number of hydrogen-bond acceptors (Lipinski definition) is 3. The molecule has 4 saturated carbocycles. The van der Waals surface area contributed by atoms with Gasteiger partial charge in [-0.3, -0.25) is 4.79 Å². The molecule has 5 aliphatic rings. The van der Waals surface area contributed by atoms with Gasteiger partial charge in [0.1, 0.15) is 6.10 Å². The summed E-state index contributed by atoms with van der Waals surface area (Å²) in [7, 11) is 0. The number of esters is 1. The van der Waals surface area contributed by atoms with Gasteiger partial charge in [-0.05, 0) is 103 Å². The summed E-state index contributed by atoms with van der Waals surface area (Å²) >= 11 is 0. The first kappa shape index (κ1) is 25.8. The molecule has 0 spiro atoms. The van der Waals surface area contributed by atoms with E-state index in [-0.39, 0.29) is 45.8 Å². The van der Waals surface area contributed by atoms with Crippen molar-refractivity contribution >= 4 is 5.97 Å². The number of ether oxygens (including phenoxy) is 1. The van der Waals surface area contributed by atoms with Gasteiger partial charge in [-0.25, -0.2) is 0 Å². The number of aliphatic hydroxyl groups is 1. The van der Waals surface area contributed by atoms with Crippen molar-refractivity contribution in [2.24, 2.45) is 50.2 Å². The molecule has 0 radical (unpaired) electrons. The van der Waals surface area contributed by atoms with Crippen molar-refractivity contribution in [1.29, 1.82) is 0 Å². The van der Waals surface area contributed by atoms with Crippen molar-refractivity contribution in [3.63, 3.8) is 0 Å². The molecule has 9 unspecified atom stereocenters. The summed E-state index contributed by atoms with van der Waals surface area (Å²) in [4.78, 5) is 11.9. The Hall–Kier alpha value is -0.830. The minimum absolute atomic E-state index is 0.0709. The van der Waals surface area contributed by atoms with E-state index in [1.807, 2.05) is 0 Å². The largest absolute Gasteiger partial charge is 0.462 e. The van der Waals surface area contributed by atoms with Crippen LogP contribution in [0.3, 0.4) is 0 Å². The van der Waals surface area contributed by atoms with Gasteiger partial charge in [-0.15, -0.1) is 0 Å². The molecule has 0 saturated heterocycles. The van der Waals surface area contributed by atoms with Gasteiger partial charge in [0, 0.05) is 12.3 Å². The average molecular weight is 485 g/mol. The van der Waals surface area contributed by atoms with Gasteiger partial charge in [-0.2, -0.15) is 0 Å².